The van der Waals surface area contributed by atoms with Crippen molar-refractivity contribution in [3.05, 3.63) is 18.5 Å². The van der Waals surface area contributed by atoms with Gasteiger partial charge in [0.1, 0.15) is 0 Å². The molecule has 1 amide bonds. The van der Waals surface area contributed by atoms with Gasteiger partial charge < -0.3 is 20.1 Å². The van der Waals surface area contributed by atoms with Gasteiger partial charge in [0, 0.05) is 32.6 Å². The predicted octanol–water partition coefficient (Wildman–Crippen LogP) is -0.572. The molecule has 0 fully saturated rings. The van der Waals surface area contributed by atoms with Crippen LogP contribution in [0.1, 0.15) is 6.42 Å². The number of aliphatic hydroxyl groups excluding tert-OH is 1. The van der Waals surface area contributed by atoms with E-state index in [9.17, 15) is 4.79 Å². The van der Waals surface area contributed by atoms with Gasteiger partial charge in [-0.3, -0.25) is 4.79 Å². The molecule has 0 unspecified atom stereocenters. The van der Waals surface area contributed by atoms with Crippen molar-refractivity contribution in [2.24, 2.45) is 0 Å². The van der Waals surface area contributed by atoms with Crippen molar-refractivity contribution in [1.29, 1.82) is 0 Å². The Morgan fingerprint density at radius 1 is 1.42 bits per heavy atom. The Hall–Kier alpha value is -1.73. The van der Waals surface area contributed by atoms with Gasteiger partial charge >= 0.3 is 0 Å². The Bertz CT molecular complexity index is 361. The Morgan fingerprint density at radius 3 is 2.84 bits per heavy atom. The summed E-state index contributed by atoms with van der Waals surface area (Å²) in [5, 5.41) is 11.3. The topological polar surface area (TPSA) is 87.6 Å². The van der Waals surface area contributed by atoms with Crippen LogP contribution >= 0.6 is 0 Å². The van der Waals surface area contributed by atoms with Crippen LogP contribution in [-0.2, 0) is 9.53 Å². The standard InChI is InChI=1S/C12H20N4O3/c1-16(12-14-4-2-5-15-12)10-11(18)13-6-3-8-19-9-7-17/h2,4-5,17H,3,6-10H2,1H3,(H,13,18). The molecule has 1 heterocycles. The number of anilines is 1. The fraction of sp³-hybridized carbons (Fsp3) is 0.583. The van der Waals surface area contributed by atoms with Gasteiger partial charge in [0.05, 0.1) is 19.8 Å². The van der Waals surface area contributed by atoms with Crippen molar-refractivity contribution in [2.75, 3.05) is 44.9 Å². The molecule has 0 atom stereocenters. The van der Waals surface area contributed by atoms with Crippen LogP contribution in [0.15, 0.2) is 18.5 Å². The second kappa shape index (κ2) is 9.23. The first-order valence-electron chi connectivity index (χ1n) is 6.17. The molecule has 0 bridgehead atoms. The van der Waals surface area contributed by atoms with Gasteiger partial charge in [-0.15, -0.1) is 0 Å². The molecule has 1 aromatic heterocycles. The van der Waals surface area contributed by atoms with Crippen molar-refractivity contribution >= 4 is 11.9 Å². The number of aromatic nitrogens is 2. The molecule has 1 aromatic rings. The minimum absolute atomic E-state index is 0.0221. The second-order valence-electron chi connectivity index (χ2n) is 3.94. The highest BCUT2D eigenvalue weighted by molar-refractivity contribution is 5.80. The number of hydrogen-bond donors (Lipinski definition) is 2. The van der Waals surface area contributed by atoms with Gasteiger partial charge in [0.2, 0.25) is 11.9 Å². The van der Waals surface area contributed by atoms with E-state index < -0.39 is 0 Å². The Morgan fingerprint density at radius 2 is 2.16 bits per heavy atom. The van der Waals surface area contributed by atoms with E-state index in [1.807, 2.05) is 0 Å². The number of amides is 1. The lowest BCUT2D eigenvalue weighted by Crippen LogP contribution is -2.36. The van der Waals surface area contributed by atoms with Crippen LogP contribution in [0.3, 0.4) is 0 Å². The SMILES string of the molecule is CN(CC(=O)NCCCOCCO)c1ncccn1. The first-order chi connectivity index (χ1) is 9.24. The van der Waals surface area contributed by atoms with Crippen LogP contribution < -0.4 is 10.2 Å². The number of ether oxygens (including phenoxy) is 1. The van der Waals surface area contributed by atoms with Gasteiger partial charge in [-0.05, 0) is 12.5 Å². The molecule has 7 nitrogen and oxygen atoms in total. The number of nitrogens with zero attached hydrogens (tertiary/aromatic N) is 3. The Balaban J connectivity index is 2.14. The molecule has 7 heteroatoms. The average Bonchev–Trinajstić information content (AvgIpc) is 2.43. The summed E-state index contributed by atoms with van der Waals surface area (Å²) in [6, 6.07) is 1.73. The quantitative estimate of drug-likeness (QED) is 0.583. The number of hydrogen-bond acceptors (Lipinski definition) is 6. The molecule has 0 aliphatic rings. The number of aliphatic hydroxyl groups is 1. The molecule has 0 radical (unpaired) electrons. The third-order valence-electron chi connectivity index (χ3n) is 2.30. The molecule has 106 valence electrons. The third-order valence-corrected chi connectivity index (χ3v) is 2.30. The smallest absolute Gasteiger partial charge is 0.239 e. The molecule has 0 aliphatic heterocycles. The maximum Gasteiger partial charge on any atom is 0.239 e. The Labute approximate surface area is 112 Å². The summed E-state index contributed by atoms with van der Waals surface area (Å²) in [6.07, 6.45) is 3.99. The van der Waals surface area contributed by atoms with E-state index in [1.54, 1.807) is 30.4 Å². The minimum atomic E-state index is -0.0860. The van der Waals surface area contributed by atoms with Crippen molar-refractivity contribution in [3.63, 3.8) is 0 Å². The molecular weight excluding hydrogens is 248 g/mol. The van der Waals surface area contributed by atoms with Crippen molar-refractivity contribution < 1.29 is 14.6 Å². The lowest BCUT2D eigenvalue weighted by atomic mass is 10.4. The summed E-state index contributed by atoms with van der Waals surface area (Å²) in [5.41, 5.74) is 0. The highest BCUT2D eigenvalue weighted by atomic mass is 16.5. The van der Waals surface area contributed by atoms with E-state index in [0.29, 0.717) is 25.7 Å². The monoisotopic (exact) mass is 268 g/mol. The van der Waals surface area contributed by atoms with Crippen molar-refractivity contribution in [3.8, 4) is 0 Å². The highest BCUT2D eigenvalue weighted by Gasteiger charge is 2.08. The fourth-order valence-electron chi connectivity index (χ4n) is 1.40. The normalized spacial score (nSPS) is 10.2. The summed E-state index contributed by atoms with van der Waals surface area (Å²) in [6.45, 7) is 1.64. The predicted molar refractivity (Wildman–Crippen MR) is 70.8 cm³/mol. The van der Waals surface area contributed by atoms with Crippen LogP contribution in [0.25, 0.3) is 0 Å². The number of rotatable bonds is 9. The fourth-order valence-corrected chi connectivity index (χ4v) is 1.40. The molecule has 2 N–H and O–H groups in total. The van der Waals surface area contributed by atoms with Crippen molar-refractivity contribution in [2.45, 2.75) is 6.42 Å². The summed E-state index contributed by atoms with van der Waals surface area (Å²) >= 11 is 0. The van der Waals surface area contributed by atoms with Crippen LogP contribution in [-0.4, -0.2) is 60.9 Å². The van der Waals surface area contributed by atoms with Crippen molar-refractivity contribution in [1.82, 2.24) is 15.3 Å². The van der Waals surface area contributed by atoms with E-state index in [4.69, 9.17) is 9.84 Å². The zero-order valence-electron chi connectivity index (χ0n) is 11.1. The minimum Gasteiger partial charge on any atom is -0.394 e. The van der Waals surface area contributed by atoms with E-state index in [2.05, 4.69) is 15.3 Å². The second-order valence-corrected chi connectivity index (χ2v) is 3.94. The zero-order valence-corrected chi connectivity index (χ0v) is 11.1. The number of carbonyl (C=O) groups is 1. The van der Waals surface area contributed by atoms with Crippen LogP contribution in [0.4, 0.5) is 5.95 Å². The molecule has 0 aliphatic carbocycles. The maximum atomic E-state index is 11.6. The van der Waals surface area contributed by atoms with Crippen LogP contribution in [0.5, 0.6) is 0 Å². The molecule has 0 saturated carbocycles. The number of nitrogens with one attached hydrogen (secondary N) is 1. The number of carbonyl (C=O) groups excluding carboxylic acids is 1. The molecular formula is C12H20N4O3. The maximum absolute atomic E-state index is 11.6. The molecule has 0 saturated heterocycles. The van der Waals surface area contributed by atoms with Crippen LogP contribution in [0.2, 0.25) is 0 Å². The lowest BCUT2D eigenvalue weighted by Gasteiger charge is -2.15. The Kier molecular flexibility index (Phi) is 7.45. The average molecular weight is 268 g/mol. The van der Waals surface area contributed by atoms with E-state index in [0.717, 1.165) is 6.42 Å². The summed E-state index contributed by atoms with van der Waals surface area (Å²) in [7, 11) is 1.76. The third kappa shape index (κ3) is 6.68. The van der Waals surface area contributed by atoms with Gasteiger partial charge in [0.25, 0.3) is 0 Å². The zero-order chi connectivity index (χ0) is 13.9. The molecule has 0 aromatic carbocycles. The highest BCUT2D eigenvalue weighted by Crippen LogP contribution is 2.00. The van der Waals surface area contributed by atoms with Gasteiger partial charge in [-0.1, -0.05) is 0 Å². The van der Waals surface area contributed by atoms with E-state index in [-0.39, 0.29) is 19.1 Å². The van der Waals surface area contributed by atoms with Gasteiger partial charge in [-0.25, -0.2) is 9.97 Å². The first kappa shape index (κ1) is 15.3. The largest absolute Gasteiger partial charge is 0.394 e. The summed E-state index contributed by atoms with van der Waals surface area (Å²) in [4.78, 5) is 21.4. The lowest BCUT2D eigenvalue weighted by molar-refractivity contribution is -0.119. The summed E-state index contributed by atoms with van der Waals surface area (Å²) in [5.74, 6) is 0.432. The van der Waals surface area contributed by atoms with Crippen LogP contribution in [0, 0.1) is 0 Å². The number of likely N-dealkylation sites (N-methyl/N-ethyl adjacent to an activating group) is 1. The molecule has 19 heavy (non-hydrogen) atoms. The molecule has 0 spiro atoms. The van der Waals surface area contributed by atoms with E-state index >= 15 is 0 Å². The van der Waals surface area contributed by atoms with E-state index in [1.165, 1.54) is 0 Å². The van der Waals surface area contributed by atoms with Gasteiger partial charge in [0.15, 0.2) is 0 Å². The molecule has 1 rings (SSSR count). The van der Waals surface area contributed by atoms with Gasteiger partial charge in [-0.2, -0.15) is 0 Å². The first-order valence-corrected chi connectivity index (χ1v) is 6.17. The summed E-state index contributed by atoms with van der Waals surface area (Å²) < 4.78 is 5.08.